The molecule has 5 heteroatoms. The van der Waals surface area contributed by atoms with E-state index >= 15 is 0 Å². The number of amides is 1. The molecule has 0 aliphatic carbocycles. The van der Waals surface area contributed by atoms with Crippen LogP contribution in [0.2, 0.25) is 0 Å². The number of halogens is 1. The van der Waals surface area contributed by atoms with Crippen LogP contribution in [0.1, 0.15) is 23.7 Å². The molecule has 2 aromatic rings. The van der Waals surface area contributed by atoms with Crippen molar-refractivity contribution in [1.82, 2.24) is 14.7 Å². The van der Waals surface area contributed by atoms with Gasteiger partial charge >= 0.3 is 0 Å². The molecule has 0 radical (unpaired) electrons. The van der Waals surface area contributed by atoms with E-state index in [0.29, 0.717) is 16.3 Å². The van der Waals surface area contributed by atoms with Crippen LogP contribution < -0.4 is 0 Å². The number of rotatable bonds is 2. The van der Waals surface area contributed by atoms with Crippen LogP contribution in [-0.2, 0) is 0 Å². The van der Waals surface area contributed by atoms with Crippen molar-refractivity contribution in [2.75, 3.05) is 13.1 Å². The number of alkyl halides is 1. The standard InChI is InChI=1S/C16H18BrN3O/c1-12-7-8-19(11-15(12)17)16(21)13-9-18-20(10-13)14-5-3-2-4-6-14/h2-6,9-10,12,15H,7-8,11H2,1H3. The van der Waals surface area contributed by atoms with Gasteiger partial charge in [-0.05, 0) is 24.5 Å². The van der Waals surface area contributed by atoms with Crippen LogP contribution in [0.15, 0.2) is 42.7 Å². The topological polar surface area (TPSA) is 38.1 Å². The summed E-state index contributed by atoms with van der Waals surface area (Å²) >= 11 is 3.66. The second-order valence-electron chi connectivity index (χ2n) is 5.54. The minimum absolute atomic E-state index is 0.0635. The lowest BCUT2D eigenvalue weighted by atomic mass is 9.99. The molecule has 21 heavy (non-hydrogen) atoms. The molecule has 0 N–H and O–H groups in total. The van der Waals surface area contributed by atoms with Crippen molar-refractivity contribution in [3.05, 3.63) is 48.3 Å². The summed E-state index contributed by atoms with van der Waals surface area (Å²) in [5, 5.41) is 4.29. The fourth-order valence-corrected chi connectivity index (χ4v) is 3.16. The first kappa shape index (κ1) is 14.3. The predicted octanol–water partition coefficient (Wildman–Crippen LogP) is 3.12. The summed E-state index contributed by atoms with van der Waals surface area (Å²) in [4.78, 5) is 14.8. The Morgan fingerprint density at radius 1 is 1.33 bits per heavy atom. The lowest BCUT2D eigenvalue weighted by Crippen LogP contribution is -2.43. The summed E-state index contributed by atoms with van der Waals surface area (Å²) in [5.74, 6) is 0.676. The minimum atomic E-state index is 0.0635. The Morgan fingerprint density at radius 3 is 2.81 bits per heavy atom. The molecule has 3 rings (SSSR count). The summed E-state index contributed by atoms with van der Waals surface area (Å²) in [7, 11) is 0. The molecule has 2 unspecified atom stereocenters. The molecule has 1 aromatic carbocycles. The number of carbonyl (C=O) groups excluding carboxylic acids is 1. The van der Waals surface area contributed by atoms with Crippen LogP contribution in [0.5, 0.6) is 0 Å². The number of nitrogens with zero attached hydrogens (tertiary/aromatic N) is 3. The summed E-state index contributed by atoms with van der Waals surface area (Å²) in [6.45, 7) is 3.80. The van der Waals surface area contributed by atoms with Gasteiger partial charge in [0.2, 0.25) is 0 Å². The number of likely N-dealkylation sites (tertiary alicyclic amines) is 1. The predicted molar refractivity (Wildman–Crippen MR) is 86.0 cm³/mol. The highest BCUT2D eigenvalue weighted by molar-refractivity contribution is 9.09. The monoisotopic (exact) mass is 347 g/mol. The first-order valence-electron chi connectivity index (χ1n) is 7.18. The Balaban J connectivity index is 1.76. The molecule has 110 valence electrons. The smallest absolute Gasteiger partial charge is 0.257 e. The molecule has 0 saturated carbocycles. The van der Waals surface area contributed by atoms with Crippen LogP contribution in [0.4, 0.5) is 0 Å². The van der Waals surface area contributed by atoms with Gasteiger partial charge in [-0.3, -0.25) is 4.79 Å². The molecule has 0 bridgehead atoms. The van der Waals surface area contributed by atoms with Crippen LogP contribution in [0.3, 0.4) is 0 Å². The third-order valence-corrected chi connectivity index (χ3v) is 5.20. The minimum Gasteiger partial charge on any atom is -0.337 e. The molecule has 0 spiro atoms. The van der Waals surface area contributed by atoms with Gasteiger partial charge in [0.25, 0.3) is 5.91 Å². The number of hydrogen-bond acceptors (Lipinski definition) is 2. The largest absolute Gasteiger partial charge is 0.337 e. The van der Waals surface area contributed by atoms with Gasteiger partial charge in [0.1, 0.15) is 0 Å². The molecule has 2 heterocycles. The van der Waals surface area contributed by atoms with E-state index in [1.54, 1.807) is 17.1 Å². The number of carbonyl (C=O) groups is 1. The van der Waals surface area contributed by atoms with Crippen LogP contribution in [0.25, 0.3) is 5.69 Å². The summed E-state index contributed by atoms with van der Waals surface area (Å²) in [5.41, 5.74) is 1.61. The van der Waals surface area contributed by atoms with Gasteiger partial charge in [-0.15, -0.1) is 0 Å². The summed E-state index contributed by atoms with van der Waals surface area (Å²) in [6.07, 6.45) is 4.49. The Bertz CT molecular complexity index is 625. The third-order valence-electron chi connectivity index (χ3n) is 4.00. The molecule has 4 nitrogen and oxygen atoms in total. The number of hydrogen-bond donors (Lipinski definition) is 0. The average Bonchev–Trinajstić information content (AvgIpc) is 3.00. The van der Waals surface area contributed by atoms with Gasteiger partial charge in [-0.1, -0.05) is 41.1 Å². The van der Waals surface area contributed by atoms with Crippen molar-refractivity contribution < 1.29 is 4.79 Å². The van der Waals surface area contributed by atoms with Gasteiger partial charge in [0, 0.05) is 24.1 Å². The number of benzene rings is 1. The maximum absolute atomic E-state index is 12.5. The third kappa shape index (κ3) is 3.02. The zero-order valence-electron chi connectivity index (χ0n) is 11.9. The van der Waals surface area contributed by atoms with Gasteiger partial charge in [0.05, 0.1) is 17.4 Å². The van der Waals surface area contributed by atoms with E-state index in [1.807, 2.05) is 35.2 Å². The molecule has 2 atom stereocenters. The van der Waals surface area contributed by atoms with Crippen LogP contribution in [0, 0.1) is 5.92 Å². The molecule has 1 saturated heterocycles. The highest BCUT2D eigenvalue weighted by Gasteiger charge is 2.28. The van der Waals surface area contributed by atoms with E-state index in [-0.39, 0.29) is 5.91 Å². The zero-order chi connectivity index (χ0) is 14.8. The molecule has 1 amide bonds. The van der Waals surface area contributed by atoms with Crippen molar-refractivity contribution in [2.45, 2.75) is 18.2 Å². The quantitative estimate of drug-likeness (QED) is 0.782. The van der Waals surface area contributed by atoms with Crippen molar-refractivity contribution in [3.8, 4) is 5.69 Å². The van der Waals surface area contributed by atoms with E-state index in [9.17, 15) is 4.79 Å². The van der Waals surface area contributed by atoms with Crippen molar-refractivity contribution >= 4 is 21.8 Å². The first-order chi connectivity index (χ1) is 10.1. The van der Waals surface area contributed by atoms with E-state index in [2.05, 4.69) is 28.0 Å². The number of aromatic nitrogens is 2. The average molecular weight is 348 g/mol. The van der Waals surface area contributed by atoms with Gasteiger partial charge in [-0.25, -0.2) is 4.68 Å². The molecule has 1 aromatic heterocycles. The zero-order valence-corrected chi connectivity index (χ0v) is 13.5. The second-order valence-corrected chi connectivity index (χ2v) is 6.72. The highest BCUT2D eigenvalue weighted by atomic mass is 79.9. The van der Waals surface area contributed by atoms with E-state index in [4.69, 9.17) is 0 Å². The van der Waals surface area contributed by atoms with Gasteiger partial charge in [-0.2, -0.15) is 5.10 Å². The van der Waals surface area contributed by atoms with Gasteiger partial charge < -0.3 is 4.90 Å². The SMILES string of the molecule is CC1CCN(C(=O)c2cnn(-c3ccccc3)c2)CC1Br. The normalized spacial score (nSPS) is 22.3. The molecule has 1 aliphatic rings. The van der Waals surface area contributed by atoms with E-state index in [1.165, 1.54) is 0 Å². The second kappa shape index (κ2) is 6.02. The first-order valence-corrected chi connectivity index (χ1v) is 8.10. The van der Waals surface area contributed by atoms with Gasteiger partial charge in [0.15, 0.2) is 0 Å². The summed E-state index contributed by atoms with van der Waals surface area (Å²) in [6, 6.07) is 9.82. The fourth-order valence-electron chi connectivity index (χ4n) is 2.54. The van der Waals surface area contributed by atoms with Crippen LogP contribution in [-0.4, -0.2) is 38.5 Å². The maximum Gasteiger partial charge on any atom is 0.257 e. The lowest BCUT2D eigenvalue weighted by molar-refractivity contribution is 0.0706. The molecule has 1 fully saturated rings. The Kier molecular flexibility index (Phi) is 4.10. The molecule has 1 aliphatic heterocycles. The number of piperidine rings is 1. The van der Waals surface area contributed by atoms with Crippen molar-refractivity contribution in [1.29, 1.82) is 0 Å². The molecular formula is C16H18BrN3O. The summed E-state index contributed by atoms with van der Waals surface area (Å²) < 4.78 is 1.74. The number of para-hydroxylation sites is 1. The Morgan fingerprint density at radius 2 is 2.10 bits per heavy atom. The Hall–Kier alpha value is -1.62. The molecular weight excluding hydrogens is 330 g/mol. The Labute approximate surface area is 132 Å². The van der Waals surface area contributed by atoms with E-state index in [0.717, 1.165) is 25.2 Å². The lowest BCUT2D eigenvalue weighted by Gasteiger charge is -2.34. The van der Waals surface area contributed by atoms with Crippen LogP contribution >= 0.6 is 15.9 Å². The maximum atomic E-state index is 12.5. The van der Waals surface area contributed by atoms with E-state index < -0.39 is 0 Å². The van der Waals surface area contributed by atoms with Crippen molar-refractivity contribution in [3.63, 3.8) is 0 Å². The highest BCUT2D eigenvalue weighted by Crippen LogP contribution is 2.24. The fraction of sp³-hybridized carbons (Fsp3) is 0.375. The van der Waals surface area contributed by atoms with Crippen molar-refractivity contribution in [2.24, 2.45) is 5.92 Å².